The number of nitrogens with zero attached hydrogens (tertiary/aromatic N) is 1. The predicted molar refractivity (Wildman–Crippen MR) is 103 cm³/mol. The average molecular weight is 446 g/mol. The van der Waals surface area contributed by atoms with E-state index in [0.717, 1.165) is 34.7 Å². The minimum absolute atomic E-state index is 0.323. The lowest BCUT2D eigenvalue weighted by Gasteiger charge is -2.20. The summed E-state index contributed by atoms with van der Waals surface area (Å²) in [5, 5.41) is 0. The minimum Gasteiger partial charge on any atom is -0.462 e. The molecule has 0 fully saturated rings. The number of halogens is 1. The highest BCUT2D eigenvalue weighted by Crippen LogP contribution is 2.47. The van der Waals surface area contributed by atoms with Gasteiger partial charge in [-0.1, -0.05) is 18.2 Å². The van der Waals surface area contributed by atoms with Gasteiger partial charge in [-0.15, -0.1) is 11.3 Å². The van der Waals surface area contributed by atoms with Crippen molar-refractivity contribution in [2.75, 3.05) is 23.2 Å². The number of rotatable bonds is 3. The molecule has 2 heterocycles. The molecule has 1 aliphatic heterocycles. The van der Waals surface area contributed by atoms with Crippen LogP contribution in [0.25, 0.3) is 10.4 Å². The van der Waals surface area contributed by atoms with Crippen molar-refractivity contribution >= 4 is 59.0 Å². The number of anilines is 2. The number of thiophene rings is 1. The van der Waals surface area contributed by atoms with Gasteiger partial charge < -0.3 is 14.8 Å². The molecule has 7 heteroatoms. The van der Waals surface area contributed by atoms with Gasteiger partial charge in [-0.25, -0.2) is 4.79 Å². The number of ether oxygens (including phenoxy) is 1. The SMILES string of the molecule is CCOC(=O)c1sc2c(c1N)CCN(SI)c1ccccc1-2. The Morgan fingerprint density at radius 1 is 1.50 bits per heavy atom. The number of fused-ring (bicyclic) bond motifs is 3. The maximum absolute atomic E-state index is 12.1. The largest absolute Gasteiger partial charge is 0.462 e. The van der Waals surface area contributed by atoms with Gasteiger partial charge in [0.1, 0.15) is 4.88 Å². The molecule has 0 radical (unpaired) electrons. The van der Waals surface area contributed by atoms with E-state index in [0.29, 0.717) is 17.2 Å². The standard InChI is InChI=1S/C15H15IN2O2S2/c1-2-20-15(19)14-12(17)10-7-8-18(22-16)11-6-4-3-5-9(11)13(10)21-14/h3-6H,2,7-8,17H2,1H3. The summed E-state index contributed by atoms with van der Waals surface area (Å²) in [4.78, 5) is 13.7. The Morgan fingerprint density at radius 3 is 3.00 bits per heavy atom. The molecule has 0 amide bonds. The second-order valence-electron chi connectivity index (χ2n) is 4.81. The van der Waals surface area contributed by atoms with Crippen molar-refractivity contribution in [1.29, 1.82) is 0 Å². The monoisotopic (exact) mass is 446 g/mol. The van der Waals surface area contributed by atoms with Crippen LogP contribution in [0, 0.1) is 0 Å². The third kappa shape index (κ3) is 2.69. The van der Waals surface area contributed by atoms with Gasteiger partial charge in [-0.05, 0) is 25.0 Å². The molecule has 0 bridgehead atoms. The molecule has 22 heavy (non-hydrogen) atoms. The van der Waals surface area contributed by atoms with Crippen LogP contribution in [0.4, 0.5) is 11.4 Å². The first-order valence-electron chi connectivity index (χ1n) is 6.91. The Kier molecular flexibility index (Phi) is 4.84. The van der Waals surface area contributed by atoms with E-state index in [2.05, 4.69) is 37.6 Å². The molecule has 4 nitrogen and oxygen atoms in total. The molecule has 0 aliphatic carbocycles. The van der Waals surface area contributed by atoms with Gasteiger partial charge in [0.25, 0.3) is 0 Å². The molecule has 0 saturated carbocycles. The lowest BCUT2D eigenvalue weighted by molar-refractivity contribution is 0.0533. The lowest BCUT2D eigenvalue weighted by Crippen LogP contribution is -2.15. The first-order chi connectivity index (χ1) is 10.7. The summed E-state index contributed by atoms with van der Waals surface area (Å²) in [5.74, 6) is -0.323. The van der Waals surface area contributed by atoms with Crippen LogP contribution in [-0.2, 0) is 11.2 Å². The lowest BCUT2D eigenvalue weighted by atomic mass is 10.1. The van der Waals surface area contributed by atoms with E-state index < -0.39 is 0 Å². The second-order valence-corrected chi connectivity index (χ2v) is 7.59. The molecule has 1 aliphatic rings. The molecule has 1 aromatic carbocycles. The molecule has 1 aromatic heterocycles. The highest BCUT2D eigenvalue weighted by atomic mass is 127. The van der Waals surface area contributed by atoms with Crippen molar-refractivity contribution in [3.63, 3.8) is 0 Å². The van der Waals surface area contributed by atoms with E-state index in [1.165, 1.54) is 11.3 Å². The topological polar surface area (TPSA) is 55.6 Å². The van der Waals surface area contributed by atoms with Crippen molar-refractivity contribution in [2.24, 2.45) is 0 Å². The first kappa shape index (κ1) is 15.9. The first-order valence-corrected chi connectivity index (χ1v) is 11.0. The van der Waals surface area contributed by atoms with Gasteiger partial charge in [-0.2, -0.15) is 0 Å². The maximum Gasteiger partial charge on any atom is 0.350 e. The summed E-state index contributed by atoms with van der Waals surface area (Å²) in [6.07, 6.45) is 0.821. The van der Waals surface area contributed by atoms with Crippen LogP contribution in [0.5, 0.6) is 0 Å². The number of carbonyl (C=O) groups is 1. The molecule has 0 atom stereocenters. The molecular formula is C15H15IN2O2S2. The molecule has 3 rings (SSSR count). The zero-order valence-corrected chi connectivity index (χ0v) is 15.8. The second kappa shape index (κ2) is 6.67. The molecule has 116 valence electrons. The van der Waals surface area contributed by atoms with E-state index in [1.807, 2.05) is 12.1 Å². The highest BCUT2D eigenvalue weighted by Gasteiger charge is 2.27. The van der Waals surface area contributed by atoms with Gasteiger partial charge in [-0.3, -0.25) is 0 Å². The van der Waals surface area contributed by atoms with Gasteiger partial charge in [0, 0.05) is 47.3 Å². The average Bonchev–Trinajstić information content (AvgIpc) is 2.76. The van der Waals surface area contributed by atoms with Crippen LogP contribution in [0.2, 0.25) is 0 Å². The summed E-state index contributed by atoms with van der Waals surface area (Å²) in [5.41, 5.74) is 10.2. The summed E-state index contributed by atoms with van der Waals surface area (Å²) in [7, 11) is 1.68. The molecule has 2 aromatic rings. The summed E-state index contributed by atoms with van der Waals surface area (Å²) in [6, 6.07) is 8.25. The summed E-state index contributed by atoms with van der Waals surface area (Å²) in [6.45, 7) is 3.02. The van der Waals surface area contributed by atoms with Crippen molar-refractivity contribution in [3.8, 4) is 10.4 Å². The predicted octanol–water partition coefficient (Wildman–Crippen LogP) is 4.53. The Morgan fingerprint density at radius 2 is 2.27 bits per heavy atom. The quantitative estimate of drug-likeness (QED) is 0.427. The Bertz CT molecular complexity index is 718. The minimum atomic E-state index is -0.323. The third-order valence-electron chi connectivity index (χ3n) is 3.57. The number of nitrogen functional groups attached to an aromatic ring is 1. The Hall–Kier alpha value is -0.930. The van der Waals surface area contributed by atoms with Crippen molar-refractivity contribution in [1.82, 2.24) is 0 Å². The molecule has 0 spiro atoms. The van der Waals surface area contributed by atoms with Crippen LogP contribution in [0.15, 0.2) is 24.3 Å². The zero-order valence-electron chi connectivity index (χ0n) is 12.0. The van der Waals surface area contributed by atoms with Crippen molar-refractivity contribution in [3.05, 3.63) is 34.7 Å². The van der Waals surface area contributed by atoms with Gasteiger partial charge >= 0.3 is 5.97 Å². The summed E-state index contributed by atoms with van der Waals surface area (Å²) >= 11 is 3.74. The Balaban J connectivity index is 2.15. The molecular weight excluding hydrogens is 431 g/mol. The maximum atomic E-state index is 12.1. The summed E-state index contributed by atoms with van der Waals surface area (Å²) < 4.78 is 7.38. The zero-order chi connectivity index (χ0) is 15.7. The highest BCUT2D eigenvalue weighted by molar-refractivity contribution is 14.2. The normalized spacial score (nSPS) is 13.3. The fourth-order valence-electron chi connectivity index (χ4n) is 2.58. The van der Waals surface area contributed by atoms with Crippen LogP contribution in [-0.4, -0.2) is 19.1 Å². The van der Waals surface area contributed by atoms with Gasteiger partial charge in [0.15, 0.2) is 0 Å². The van der Waals surface area contributed by atoms with E-state index in [9.17, 15) is 4.79 Å². The van der Waals surface area contributed by atoms with Crippen LogP contribution in [0.1, 0.15) is 22.2 Å². The fourth-order valence-corrected chi connectivity index (χ4v) is 5.40. The number of benzene rings is 1. The molecule has 0 saturated heterocycles. The van der Waals surface area contributed by atoms with E-state index in [1.54, 1.807) is 16.0 Å². The molecule has 2 N–H and O–H groups in total. The number of hydrogen-bond acceptors (Lipinski definition) is 6. The third-order valence-corrected chi connectivity index (χ3v) is 6.81. The van der Waals surface area contributed by atoms with Crippen molar-refractivity contribution < 1.29 is 9.53 Å². The number of hydrogen-bond donors (Lipinski definition) is 1. The van der Waals surface area contributed by atoms with E-state index in [-0.39, 0.29) is 5.97 Å². The van der Waals surface area contributed by atoms with Gasteiger partial charge in [0.05, 0.1) is 18.0 Å². The van der Waals surface area contributed by atoms with E-state index >= 15 is 0 Å². The number of para-hydroxylation sites is 1. The fraction of sp³-hybridized carbons (Fsp3) is 0.267. The van der Waals surface area contributed by atoms with Gasteiger partial charge in [0.2, 0.25) is 0 Å². The van der Waals surface area contributed by atoms with E-state index in [4.69, 9.17) is 10.5 Å². The van der Waals surface area contributed by atoms with Crippen molar-refractivity contribution in [2.45, 2.75) is 13.3 Å². The van der Waals surface area contributed by atoms with Crippen LogP contribution >= 0.6 is 41.7 Å². The number of esters is 1. The van der Waals surface area contributed by atoms with Crippen LogP contribution in [0.3, 0.4) is 0 Å². The van der Waals surface area contributed by atoms with Crippen LogP contribution < -0.4 is 10.0 Å². The number of carbonyl (C=O) groups excluding carboxylic acids is 1. The smallest absolute Gasteiger partial charge is 0.350 e. The Labute approximate surface area is 149 Å². The molecule has 0 unspecified atom stereocenters. The number of nitrogens with two attached hydrogens (primary N) is 1.